The van der Waals surface area contributed by atoms with E-state index in [2.05, 4.69) is 0 Å². The van der Waals surface area contributed by atoms with Gasteiger partial charge in [0.2, 0.25) is 0 Å². The summed E-state index contributed by atoms with van der Waals surface area (Å²) < 4.78 is 22.5. The summed E-state index contributed by atoms with van der Waals surface area (Å²) in [6.45, 7) is 1.61. The van der Waals surface area contributed by atoms with Gasteiger partial charge in [0, 0.05) is 12.2 Å². The molecule has 3 nitrogen and oxygen atoms in total. The third kappa shape index (κ3) is 2.16. The Labute approximate surface area is 95.4 Å². The van der Waals surface area contributed by atoms with Crippen LogP contribution in [0, 0.1) is 5.92 Å². The van der Waals surface area contributed by atoms with Gasteiger partial charge >= 0.3 is 0 Å². The van der Waals surface area contributed by atoms with Crippen molar-refractivity contribution in [2.45, 2.75) is 24.2 Å². The number of carbonyl (C=O) groups is 1. The highest BCUT2D eigenvalue weighted by atomic mass is 32.2. The Morgan fingerprint density at radius 2 is 1.81 bits per heavy atom. The zero-order chi connectivity index (χ0) is 11.9. The van der Waals surface area contributed by atoms with Crippen molar-refractivity contribution in [3.05, 3.63) is 29.8 Å². The van der Waals surface area contributed by atoms with Gasteiger partial charge in [0.25, 0.3) is 0 Å². The summed E-state index contributed by atoms with van der Waals surface area (Å²) in [5, 5.41) is 0. The van der Waals surface area contributed by atoms with Crippen LogP contribution in [-0.4, -0.2) is 20.5 Å². The van der Waals surface area contributed by atoms with Crippen molar-refractivity contribution in [3.8, 4) is 0 Å². The van der Waals surface area contributed by atoms with E-state index in [4.69, 9.17) is 0 Å². The fraction of sp³-hybridized carbons (Fsp3) is 0.417. The molecule has 2 rings (SSSR count). The number of carbonyl (C=O) groups excluding carboxylic acids is 1. The zero-order valence-electron chi connectivity index (χ0n) is 9.30. The number of sulfone groups is 1. The lowest BCUT2D eigenvalue weighted by Crippen LogP contribution is -1.98. The van der Waals surface area contributed by atoms with Crippen molar-refractivity contribution in [3.63, 3.8) is 0 Å². The number of benzene rings is 1. The van der Waals surface area contributed by atoms with Crippen LogP contribution < -0.4 is 0 Å². The van der Waals surface area contributed by atoms with Gasteiger partial charge in [-0.2, -0.15) is 0 Å². The molecule has 4 heteroatoms. The van der Waals surface area contributed by atoms with Crippen molar-refractivity contribution in [2.75, 3.05) is 6.26 Å². The van der Waals surface area contributed by atoms with Gasteiger partial charge in [-0.1, -0.05) is 12.1 Å². The van der Waals surface area contributed by atoms with Gasteiger partial charge in [0.1, 0.15) is 5.78 Å². The van der Waals surface area contributed by atoms with Crippen molar-refractivity contribution in [2.24, 2.45) is 5.92 Å². The summed E-state index contributed by atoms with van der Waals surface area (Å²) in [4.78, 5) is 11.4. The molecule has 2 atom stereocenters. The molecule has 86 valence electrons. The minimum atomic E-state index is -3.12. The first-order valence-electron chi connectivity index (χ1n) is 5.20. The van der Waals surface area contributed by atoms with Crippen LogP contribution >= 0.6 is 0 Å². The average Bonchev–Trinajstić information content (AvgIpc) is 2.96. The van der Waals surface area contributed by atoms with Crippen LogP contribution in [0.1, 0.15) is 24.8 Å². The molecule has 1 aliphatic rings. The van der Waals surface area contributed by atoms with E-state index < -0.39 is 9.84 Å². The summed E-state index contributed by atoms with van der Waals surface area (Å²) >= 11 is 0. The number of hydrogen-bond acceptors (Lipinski definition) is 3. The van der Waals surface area contributed by atoms with E-state index >= 15 is 0 Å². The summed E-state index contributed by atoms with van der Waals surface area (Å²) in [6.07, 6.45) is 2.09. The summed E-state index contributed by atoms with van der Waals surface area (Å²) in [5.74, 6) is 0.660. The average molecular weight is 238 g/mol. The summed E-state index contributed by atoms with van der Waals surface area (Å²) in [6, 6.07) is 6.84. The van der Waals surface area contributed by atoms with E-state index in [-0.39, 0.29) is 11.7 Å². The van der Waals surface area contributed by atoms with Crippen LogP contribution in [0.25, 0.3) is 0 Å². The van der Waals surface area contributed by atoms with E-state index in [9.17, 15) is 13.2 Å². The van der Waals surface area contributed by atoms with E-state index in [1.807, 2.05) is 12.1 Å². The lowest BCUT2D eigenvalue weighted by molar-refractivity contribution is -0.118. The Morgan fingerprint density at radius 3 is 2.19 bits per heavy atom. The molecule has 1 fully saturated rings. The molecule has 1 aliphatic carbocycles. The van der Waals surface area contributed by atoms with Gasteiger partial charge in [-0.05, 0) is 37.0 Å². The normalized spacial score (nSPS) is 24.1. The molecule has 0 spiro atoms. The second kappa shape index (κ2) is 3.70. The highest BCUT2D eigenvalue weighted by molar-refractivity contribution is 7.90. The van der Waals surface area contributed by atoms with E-state index in [0.717, 1.165) is 12.0 Å². The first-order valence-corrected chi connectivity index (χ1v) is 7.09. The molecule has 1 saturated carbocycles. The monoisotopic (exact) mass is 238 g/mol. The van der Waals surface area contributed by atoms with Crippen LogP contribution in [0.15, 0.2) is 29.2 Å². The minimum absolute atomic E-state index is 0.143. The van der Waals surface area contributed by atoms with Crippen molar-refractivity contribution in [1.82, 2.24) is 0 Å². The molecule has 2 unspecified atom stereocenters. The second-order valence-corrected chi connectivity index (χ2v) is 6.42. The number of ketones is 1. The molecule has 0 amide bonds. The molecular weight excluding hydrogens is 224 g/mol. The van der Waals surface area contributed by atoms with E-state index in [0.29, 0.717) is 10.8 Å². The Balaban J connectivity index is 2.19. The maximum Gasteiger partial charge on any atom is 0.175 e. The fourth-order valence-electron chi connectivity index (χ4n) is 1.97. The maximum atomic E-state index is 11.2. The maximum absolute atomic E-state index is 11.2. The van der Waals surface area contributed by atoms with Crippen LogP contribution in [0.3, 0.4) is 0 Å². The van der Waals surface area contributed by atoms with Crippen LogP contribution in [-0.2, 0) is 14.6 Å². The fourth-order valence-corrected chi connectivity index (χ4v) is 2.61. The van der Waals surface area contributed by atoms with Gasteiger partial charge in [-0.3, -0.25) is 4.79 Å². The Morgan fingerprint density at radius 1 is 1.25 bits per heavy atom. The number of rotatable bonds is 3. The molecular formula is C12H14O3S. The standard InChI is InChI=1S/C12H14O3S/c1-8(13)11-7-12(11)9-3-5-10(6-4-9)16(2,14)15/h3-6,11-12H,7H2,1-2H3. The van der Waals surface area contributed by atoms with Crippen molar-refractivity contribution in [1.29, 1.82) is 0 Å². The van der Waals surface area contributed by atoms with Crippen LogP contribution in [0.2, 0.25) is 0 Å². The molecule has 1 aromatic rings. The van der Waals surface area contributed by atoms with Crippen molar-refractivity contribution < 1.29 is 13.2 Å². The number of Topliss-reactive ketones (excluding diaryl/α,β-unsaturated/α-hetero) is 1. The van der Waals surface area contributed by atoms with Gasteiger partial charge in [-0.15, -0.1) is 0 Å². The zero-order valence-corrected chi connectivity index (χ0v) is 10.1. The quantitative estimate of drug-likeness (QED) is 0.806. The minimum Gasteiger partial charge on any atom is -0.300 e. The predicted molar refractivity (Wildman–Crippen MR) is 61.1 cm³/mol. The third-order valence-corrected chi connectivity index (χ3v) is 4.18. The third-order valence-electron chi connectivity index (χ3n) is 3.05. The highest BCUT2D eigenvalue weighted by Crippen LogP contribution is 2.47. The Bertz CT molecular complexity index is 514. The van der Waals surface area contributed by atoms with Gasteiger partial charge in [-0.25, -0.2) is 8.42 Å². The topological polar surface area (TPSA) is 51.2 Å². The lowest BCUT2D eigenvalue weighted by atomic mass is 10.1. The van der Waals surface area contributed by atoms with E-state index in [1.165, 1.54) is 6.26 Å². The van der Waals surface area contributed by atoms with E-state index in [1.54, 1.807) is 19.1 Å². The van der Waals surface area contributed by atoms with Gasteiger partial charge in [0.15, 0.2) is 9.84 Å². The molecule has 0 saturated heterocycles. The molecule has 0 radical (unpaired) electrons. The Kier molecular flexibility index (Phi) is 2.62. The summed E-state index contributed by atoms with van der Waals surface area (Å²) in [7, 11) is -3.12. The van der Waals surface area contributed by atoms with Crippen LogP contribution in [0.4, 0.5) is 0 Å². The molecule has 0 aliphatic heterocycles. The molecule has 0 aromatic heterocycles. The smallest absolute Gasteiger partial charge is 0.175 e. The second-order valence-electron chi connectivity index (χ2n) is 4.40. The molecule has 0 heterocycles. The first kappa shape index (κ1) is 11.3. The molecule has 0 N–H and O–H groups in total. The summed E-state index contributed by atoms with van der Waals surface area (Å²) in [5.41, 5.74) is 1.06. The first-order chi connectivity index (χ1) is 7.39. The predicted octanol–water partition coefficient (Wildman–Crippen LogP) is 1.78. The van der Waals surface area contributed by atoms with Gasteiger partial charge in [0.05, 0.1) is 4.90 Å². The van der Waals surface area contributed by atoms with Crippen LogP contribution in [0.5, 0.6) is 0 Å². The highest BCUT2D eigenvalue weighted by Gasteiger charge is 2.41. The number of hydrogen-bond donors (Lipinski definition) is 0. The Hall–Kier alpha value is -1.16. The largest absolute Gasteiger partial charge is 0.300 e. The molecule has 16 heavy (non-hydrogen) atoms. The van der Waals surface area contributed by atoms with Crippen molar-refractivity contribution >= 4 is 15.6 Å². The SMILES string of the molecule is CC(=O)C1CC1c1ccc(S(C)(=O)=O)cc1. The molecule has 1 aromatic carbocycles. The molecule has 0 bridgehead atoms. The lowest BCUT2D eigenvalue weighted by Gasteiger charge is -2.01. The van der Waals surface area contributed by atoms with Gasteiger partial charge < -0.3 is 0 Å².